The van der Waals surface area contributed by atoms with Crippen LogP contribution in [0, 0.1) is 11.8 Å². The minimum Gasteiger partial charge on any atom is -0.306 e. The molecule has 0 aliphatic carbocycles. The van der Waals surface area contributed by atoms with Gasteiger partial charge in [0.05, 0.1) is 0 Å². The van der Waals surface area contributed by atoms with E-state index in [1.165, 1.54) is 39.0 Å². The number of hydrogen-bond acceptors (Lipinski definition) is 2. The third-order valence-corrected chi connectivity index (χ3v) is 3.43. The van der Waals surface area contributed by atoms with E-state index in [4.69, 9.17) is 0 Å². The normalized spacial score (nSPS) is 23.2. The van der Waals surface area contributed by atoms with Crippen LogP contribution in [-0.4, -0.2) is 50.1 Å². The van der Waals surface area contributed by atoms with Crippen molar-refractivity contribution in [3.8, 4) is 0 Å². The van der Waals surface area contributed by atoms with Crippen molar-refractivity contribution in [3.05, 3.63) is 0 Å². The largest absolute Gasteiger partial charge is 0.306 e. The lowest BCUT2D eigenvalue weighted by molar-refractivity contribution is 0.131. The first-order chi connectivity index (χ1) is 6.65. The average Bonchev–Trinajstić information content (AvgIpc) is 2.08. The SMILES string of the molecule is C.CCC1CN(C)C1.CCC1CN(C)C1. The molecule has 2 fully saturated rings. The molecule has 0 amide bonds. The number of nitrogens with zero attached hydrogens (tertiary/aromatic N) is 2. The van der Waals surface area contributed by atoms with Gasteiger partial charge in [0, 0.05) is 26.2 Å². The number of likely N-dealkylation sites (tertiary alicyclic amines) is 2. The van der Waals surface area contributed by atoms with Crippen LogP contribution in [0.2, 0.25) is 0 Å². The van der Waals surface area contributed by atoms with E-state index in [-0.39, 0.29) is 7.43 Å². The zero-order chi connectivity index (χ0) is 10.6. The predicted molar refractivity (Wildman–Crippen MR) is 69.3 cm³/mol. The van der Waals surface area contributed by atoms with Crippen LogP contribution in [0.25, 0.3) is 0 Å². The molecule has 0 bridgehead atoms. The summed E-state index contributed by atoms with van der Waals surface area (Å²) < 4.78 is 0. The zero-order valence-electron chi connectivity index (χ0n) is 10.3. The molecular formula is C13H30N2. The van der Waals surface area contributed by atoms with Gasteiger partial charge < -0.3 is 9.80 Å². The summed E-state index contributed by atoms with van der Waals surface area (Å²) in [4.78, 5) is 4.71. The molecule has 0 saturated carbocycles. The van der Waals surface area contributed by atoms with Gasteiger partial charge in [-0.05, 0) is 25.9 Å². The van der Waals surface area contributed by atoms with Crippen LogP contribution in [0.3, 0.4) is 0 Å². The highest BCUT2D eigenvalue weighted by Crippen LogP contribution is 2.15. The summed E-state index contributed by atoms with van der Waals surface area (Å²) in [5.41, 5.74) is 0. The van der Waals surface area contributed by atoms with Crippen molar-refractivity contribution < 1.29 is 0 Å². The zero-order valence-corrected chi connectivity index (χ0v) is 10.3. The first-order valence-electron chi connectivity index (χ1n) is 6.02. The van der Waals surface area contributed by atoms with Gasteiger partial charge in [-0.2, -0.15) is 0 Å². The van der Waals surface area contributed by atoms with E-state index in [1.54, 1.807) is 0 Å². The maximum atomic E-state index is 2.36. The van der Waals surface area contributed by atoms with Crippen LogP contribution in [0.4, 0.5) is 0 Å². The fraction of sp³-hybridized carbons (Fsp3) is 1.00. The Morgan fingerprint density at radius 3 is 1.13 bits per heavy atom. The van der Waals surface area contributed by atoms with Gasteiger partial charge in [-0.25, -0.2) is 0 Å². The first-order valence-corrected chi connectivity index (χ1v) is 6.02. The molecule has 0 atom stereocenters. The summed E-state index contributed by atoms with van der Waals surface area (Å²) >= 11 is 0. The van der Waals surface area contributed by atoms with Crippen LogP contribution in [0.1, 0.15) is 34.1 Å². The van der Waals surface area contributed by atoms with Crippen molar-refractivity contribution in [1.82, 2.24) is 9.80 Å². The second kappa shape index (κ2) is 7.24. The van der Waals surface area contributed by atoms with E-state index in [1.807, 2.05) is 0 Å². The molecular weight excluding hydrogens is 184 g/mol. The van der Waals surface area contributed by atoms with Crippen LogP contribution < -0.4 is 0 Å². The van der Waals surface area contributed by atoms with Crippen molar-refractivity contribution in [3.63, 3.8) is 0 Å². The maximum Gasteiger partial charge on any atom is 0.00189 e. The molecule has 0 radical (unpaired) electrons. The van der Waals surface area contributed by atoms with Crippen LogP contribution in [0.15, 0.2) is 0 Å². The summed E-state index contributed by atoms with van der Waals surface area (Å²) in [5.74, 6) is 2.04. The van der Waals surface area contributed by atoms with Crippen LogP contribution in [0.5, 0.6) is 0 Å². The fourth-order valence-corrected chi connectivity index (χ4v) is 2.17. The predicted octanol–water partition coefficient (Wildman–Crippen LogP) is 2.55. The molecule has 2 heteroatoms. The minimum absolute atomic E-state index is 0. The molecule has 2 nitrogen and oxygen atoms in total. The van der Waals surface area contributed by atoms with Crippen LogP contribution in [-0.2, 0) is 0 Å². The van der Waals surface area contributed by atoms with Crippen molar-refractivity contribution in [2.75, 3.05) is 40.3 Å². The number of hydrogen-bond donors (Lipinski definition) is 0. The minimum atomic E-state index is 0. The molecule has 92 valence electrons. The molecule has 0 N–H and O–H groups in total. The molecule has 0 unspecified atom stereocenters. The highest BCUT2D eigenvalue weighted by Gasteiger charge is 2.20. The van der Waals surface area contributed by atoms with E-state index >= 15 is 0 Å². The monoisotopic (exact) mass is 214 g/mol. The standard InChI is InChI=1S/2C6H13N.CH4/c2*1-3-6-4-7(2)5-6;/h2*6H,3-5H2,1-2H3;1H4. The first kappa shape index (κ1) is 14.9. The molecule has 2 rings (SSSR count). The molecule has 0 aromatic heterocycles. The Kier molecular flexibility index (Phi) is 7.20. The lowest BCUT2D eigenvalue weighted by atomic mass is 9.99. The summed E-state index contributed by atoms with van der Waals surface area (Å²) in [6.45, 7) is 9.84. The van der Waals surface area contributed by atoms with Crippen molar-refractivity contribution in [2.45, 2.75) is 34.1 Å². The maximum absolute atomic E-state index is 2.36. The van der Waals surface area contributed by atoms with Gasteiger partial charge in [0.1, 0.15) is 0 Å². The summed E-state index contributed by atoms with van der Waals surface area (Å²) in [7, 11) is 4.35. The lowest BCUT2D eigenvalue weighted by Crippen LogP contribution is -2.43. The van der Waals surface area contributed by atoms with Crippen LogP contribution >= 0.6 is 0 Å². The molecule has 0 spiro atoms. The molecule has 2 aliphatic rings. The third-order valence-electron chi connectivity index (χ3n) is 3.43. The van der Waals surface area contributed by atoms with Gasteiger partial charge in [0.2, 0.25) is 0 Å². The summed E-state index contributed by atoms with van der Waals surface area (Å²) in [6, 6.07) is 0. The Labute approximate surface area is 96.6 Å². The highest BCUT2D eigenvalue weighted by atomic mass is 15.2. The Morgan fingerprint density at radius 1 is 0.800 bits per heavy atom. The average molecular weight is 214 g/mol. The molecule has 0 aromatic rings. The second-order valence-electron chi connectivity index (χ2n) is 4.99. The molecule has 2 saturated heterocycles. The fourth-order valence-electron chi connectivity index (χ4n) is 2.17. The molecule has 15 heavy (non-hydrogen) atoms. The quantitative estimate of drug-likeness (QED) is 0.697. The van der Waals surface area contributed by atoms with Gasteiger partial charge in [-0.15, -0.1) is 0 Å². The van der Waals surface area contributed by atoms with E-state index in [0.717, 1.165) is 11.8 Å². The Balaban J connectivity index is 0.000000245. The van der Waals surface area contributed by atoms with Gasteiger partial charge >= 0.3 is 0 Å². The third kappa shape index (κ3) is 4.98. The van der Waals surface area contributed by atoms with Gasteiger partial charge in [0.15, 0.2) is 0 Å². The van der Waals surface area contributed by atoms with E-state index in [9.17, 15) is 0 Å². The van der Waals surface area contributed by atoms with E-state index in [0.29, 0.717) is 0 Å². The second-order valence-corrected chi connectivity index (χ2v) is 4.99. The number of rotatable bonds is 2. The van der Waals surface area contributed by atoms with Crippen molar-refractivity contribution in [1.29, 1.82) is 0 Å². The lowest BCUT2D eigenvalue weighted by Gasteiger charge is -2.35. The van der Waals surface area contributed by atoms with Gasteiger partial charge in [-0.3, -0.25) is 0 Å². The van der Waals surface area contributed by atoms with Gasteiger partial charge in [0.25, 0.3) is 0 Å². The smallest absolute Gasteiger partial charge is 0.00189 e. The van der Waals surface area contributed by atoms with E-state index < -0.39 is 0 Å². The molecule has 2 heterocycles. The van der Waals surface area contributed by atoms with Crippen molar-refractivity contribution in [2.24, 2.45) is 11.8 Å². The molecule has 0 aromatic carbocycles. The highest BCUT2D eigenvalue weighted by molar-refractivity contribution is 4.75. The van der Waals surface area contributed by atoms with E-state index in [2.05, 4.69) is 37.7 Å². The Morgan fingerprint density at radius 2 is 1.07 bits per heavy atom. The van der Waals surface area contributed by atoms with Gasteiger partial charge in [-0.1, -0.05) is 34.1 Å². The summed E-state index contributed by atoms with van der Waals surface area (Å²) in [6.07, 6.45) is 2.73. The Hall–Kier alpha value is -0.0800. The summed E-state index contributed by atoms with van der Waals surface area (Å²) in [5, 5.41) is 0. The molecule has 2 aliphatic heterocycles. The topological polar surface area (TPSA) is 6.48 Å². The Bertz CT molecular complexity index is 129. The van der Waals surface area contributed by atoms with Crippen molar-refractivity contribution >= 4 is 0 Å².